The van der Waals surface area contributed by atoms with Crippen LogP contribution < -0.4 is 10.1 Å². The fourth-order valence-electron chi connectivity index (χ4n) is 29.6. The summed E-state index contributed by atoms with van der Waals surface area (Å²) in [5.74, 6) is 12.2. The zero-order valence-electron chi connectivity index (χ0n) is 55.4. The number of aromatic hydroxyl groups is 3. The molecule has 18 aliphatic carbocycles. The molecule has 0 radical (unpaired) electrons. The Hall–Kier alpha value is -6.37. The van der Waals surface area contributed by atoms with E-state index < -0.39 is 93.2 Å². The molecule has 8 fully saturated rings. The molecule has 19 aliphatic rings. The monoisotopic (exact) mass is 1280 g/mol. The number of ketones is 1. The van der Waals surface area contributed by atoms with Crippen molar-refractivity contribution in [1.82, 2.24) is 5.32 Å². The number of aliphatic hydroxyl groups excluding tert-OH is 3. The van der Waals surface area contributed by atoms with Crippen molar-refractivity contribution in [1.29, 1.82) is 0 Å². The number of fused-ring (bicyclic) bond motifs is 8. The highest BCUT2D eigenvalue weighted by Gasteiger charge is 2.85. The van der Waals surface area contributed by atoms with Gasteiger partial charge in [0, 0.05) is 76.2 Å². The smallest absolute Gasteiger partial charge is 0.160 e. The predicted molar refractivity (Wildman–Crippen MR) is 364 cm³/mol. The third-order valence-corrected chi connectivity index (χ3v) is 32.5. The molecule has 8 spiro atoms. The number of piperidine rings is 1. The summed E-state index contributed by atoms with van der Waals surface area (Å²) in [6.07, 6.45) is 31.6. The molecule has 1 aliphatic heterocycles. The van der Waals surface area contributed by atoms with Crippen molar-refractivity contribution in [3.05, 3.63) is 164 Å². The lowest BCUT2D eigenvalue weighted by Crippen LogP contribution is -2.87. The Morgan fingerprint density at radius 1 is 0.781 bits per heavy atom. The van der Waals surface area contributed by atoms with Gasteiger partial charge in [-0.2, -0.15) is 0 Å². The number of carbonyl (C=O) groups excluding carboxylic acids is 1. The van der Waals surface area contributed by atoms with E-state index in [9.17, 15) is 30.6 Å². The molecule has 4 aromatic carbocycles. The SMILES string of the molecule is COc1cc([C@@H]2CC(=O)[C@H]3[C@@H]4C=C[C@@]56C#CC[C@@H]7N[C@]89CC[C@@]3(O)[C@H]([C@H]7C#C[C@@H]2Cc2ccccc2)[C@]82c3cc(O)c(O)cc3[C@H]3C[C@@H]2[C@@]27C[C@@]38CCC[C@@H]8C=C2[C@H]2C[C@H](O)C(=CC2=C[C@H]7C9)Cc2cc4c5c(c2)[C@]2(CCC3(CCCC3)C23CCCC3)C[C@H]6O)c(CO)cc1O. The highest BCUT2D eigenvalue weighted by molar-refractivity contribution is 5.86. The van der Waals surface area contributed by atoms with Gasteiger partial charge < -0.3 is 45.8 Å². The Kier molecular flexibility index (Phi) is 11.8. The molecule has 96 heavy (non-hydrogen) atoms. The minimum Gasteiger partial charge on any atom is -0.504 e. The molecular formula is C86H91NO9. The number of aliphatic hydroxyl groups is 4. The number of phenolic OH excluding ortho intramolecular Hbond substituents is 3. The van der Waals surface area contributed by atoms with Crippen molar-refractivity contribution < 1.29 is 45.3 Å². The van der Waals surface area contributed by atoms with Gasteiger partial charge >= 0.3 is 0 Å². The Morgan fingerprint density at radius 3 is 2.43 bits per heavy atom. The fourth-order valence-corrected chi connectivity index (χ4v) is 29.6. The number of methoxy groups -OCH3 is 1. The maximum Gasteiger partial charge on any atom is 0.160 e. The molecule has 21 atom stereocenters. The topological polar surface area (TPSA) is 180 Å². The van der Waals surface area contributed by atoms with Gasteiger partial charge in [-0.05, 0) is 235 Å². The van der Waals surface area contributed by atoms with Gasteiger partial charge in [0.25, 0.3) is 0 Å². The normalized spacial score (nSPS) is 44.3. The van der Waals surface area contributed by atoms with Crippen LogP contribution in [-0.2, 0) is 40.5 Å². The quantitative estimate of drug-likeness (QED) is 0.0545. The Morgan fingerprint density at radius 2 is 1.60 bits per heavy atom. The van der Waals surface area contributed by atoms with Crippen LogP contribution in [0.15, 0.2) is 114 Å². The van der Waals surface area contributed by atoms with E-state index in [2.05, 4.69) is 95.8 Å². The standard InChI is InChI=1S/C86H91NO9/c1-96-72-40-58(52(45-88)35-70(72)92)57-37-71(93)76-55-17-24-79-20-10-14-66-56(16-15-49(57)29-47-11-3-2-4-12-47)77-85(76,95)28-27-83(87-66)43-54-34-50-33-51(30-48-31-60(55)75(79)65(32-48)81(44-74(79)94)26-25-78(18-5-6-19-78)82(81)22-7-8-23-82)67(89)38-59(50)63-36-53-13-9-21-80(53)46-84(54,63)73-42-62(80)61-39-68(90)69(91)41-64(61)86(73,77)83/h2-4,11-12,17,24,31-36,39-41,49,53-57,59,62,66-67,73-74,76-77,87-92,94-95H,5-9,13-14,18-19,21-23,25-30,37-38,42-46H2,1H3/t49-,53-,54+,55-,56+,57-,59+,62-,66+,67+,73-,74-,76-,77+,79-,80-,81+,83+,84-,85+,86-/m1/s1. The van der Waals surface area contributed by atoms with E-state index in [1.807, 2.05) is 24.3 Å². The van der Waals surface area contributed by atoms with E-state index in [4.69, 9.17) is 4.74 Å². The number of hydrogen-bond acceptors (Lipinski definition) is 10. The second kappa shape index (κ2) is 19.3. The maximum absolute atomic E-state index is 18.2. The van der Waals surface area contributed by atoms with Crippen molar-refractivity contribution in [2.45, 2.75) is 224 Å². The van der Waals surface area contributed by atoms with Crippen molar-refractivity contribution in [3.63, 3.8) is 0 Å². The summed E-state index contributed by atoms with van der Waals surface area (Å²) < 4.78 is 5.93. The summed E-state index contributed by atoms with van der Waals surface area (Å²) in [5, 5.41) is 96.3. The molecular weight excluding hydrogens is 1190 g/mol. The van der Waals surface area contributed by atoms with Crippen LogP contribution in [0.4, 0.5) is 0 Å². The number of rotatable bonds is 5. The molecule has 7 saturated carbocycles. The fraction of sp³-hybridized carbons (Fsp3) is 0.570. The molecule has 4 aromatic rings. The highest BCUT2D eigenvalue weighted by Crippen LogP contribution is 2.86. The Labute approximate surface area is 564 Å². The second-order valence-electron chi connectivity index (χ2n) is 34.9. The van der Waals surface area contributed by atoms with Gasteiger partial charge in [-0.1, -0.05) is 128 Å². The minimum absolute atomic E-state index is 0.00548. The second-order valence-corrected chi connectivity index (χ2v) is 34.9. The van der Waals surface area contributed by atoms with Crippen LogP contribution in [0.1, 0.15) is 209 Å². The van der Waals surface area contributed by atoms with Crippen molar-refractivity contribution in [2.24, 2.45) is 69.0 Å². The summed E-state index contributed by atoms with van der Waals surface area (Å²) in [5.41, 5.74) is 7.20. The molecule has 1 saturated heterocycles. The summed E-state index contributed by atoms with van der Waals surface area (Å²) in [7, 11) is 1.53. The average molecular weight is 1280 g/mol. The molecule has 494 valence electrons. The molecule has 10 heteroatoms. The predicted octanol–water partition coefficient (Wildman–Crippen LogP) is 13.2. The zero-order chi connectivity index (χ0) is 64.6. The lowest BCUT2D eigenvalue weighted by Gasteiger charge is -2.82. The average Bonchev–Trinajstić information content (AvgIpc) is 0.770. The van der Waals surface area contributed by atoms with Crippen LogP contribution in [0.2, 0.25) is 0 Å². The largest absolute Gasteiger partial charge is 0.504 e. The number of carbonyl (C=O) groups is 1. The maximum atomic E-state index is 18.2. The first-order chi connectivity index (χ1) is 46.5. The van der Waals surface area contributed by atoms with E-state index in [0.717, 1.165) is 116 Å². The number of ether oxygens (including phenoxy) is 1. The number of nitrogens with one attached hydrogen (secondary N) is 1. The van der Waals surface area contributed by atoms with Crippen molar-refractivity contribution in [3.8, 4) is 46.7 Å². The molecule has 0 amide bonds. The van der Waals surface area contributed by atoms with E-state index >= 15 is 9.90 Å². The van der Waals surface area contributed by atoms with Crippen molar-refractivity contribution in [2.75, 3.05) is 7.11 Å². The molecule has 19 bridgehead atoms. The minimum atomic E-state index is -1.78. The van der Waals surface area contributed by atoms with E-state index in [0.29, 0.717) is 62.0 Å². The number of phenols is 3. The number of hydrogen-bond donors (Lipinski definition) is 8. The van der Waals surface area contributed by atoms with Crippen LogP contribution in [0, 0.1) is 92.7 Å². The van der Waals surface area contributed by atoms with Gasteiger partial charge in [0.05, 0.1) is 37.4 Å². The van der Waals surface area contributed by atoms with Gasteiger partial charge in [0.15, 0.2) is 23.0 Å². The van der Waals surface area contributed by atoms with E-state index in [1.165, 1.54) is 49.5 Å². The molecule has 1 heterocycles. The van der Waals surface area contributed by atoms with E-state index in [1.54, 1.807) is 6.07 Å². The third kappa shape index (κ3) is 6.73. The zero-order valence-corrected chi connectivity index (χ0v) is 55.4. The Balaban J connectivity index is 0.922. The summed E-state index contributed by atoms with van der Waals surface area (Å²) in [6, 6.07) is 22.2. The third-order valence-electron chi connectivity index (χ3n) is 32.5. The van der Waals surface area contributed by atoms with Crippen molar-refractivity contribution >= 4 is 5.78 Å². The van der Waals surface area contributed by atoms with Gasteiger partial charge in [-0.15, -0.1) is 5.92 Å². The lowest BCUT2D eigenvalue weighted by molar-refractivity contribution is -0.262. The van der Waals surface area contributed by atoms with Crippen LogP contribution >= 0.6 is 0 Å². The summed E-state index contributed by atoms with van der Waals surface area (Å²) >= 11 is 0. The van der Waals surface area contributed by atoms with Crippen LogP contribution in [0.3, 0.4) is 0 Å². The Bertz CT molecular complexity index is 4410. The highest BCUT2D eigenvalue weighted by atomic mass is 16.5. The van der Waals surface area contributed by atoms with Crippen LogP contribution in [-0.4, -0.2) is 78.0 Å². The molecule has 0 aromatic heterocycles. The number of allylic oxidation sites excluding steroid dienone is 6. The van der Waals surface area contributed by atoms with Gasteiger partial charge in [-0.3, -0.25) is 4.79 Å². The van der Waals surface area contributed by atoms with Gasteiger partial charge in [-0.25, -0.2) is 0 Å². The first kappa shape index (κ1) is 58.6. The lowest BCUT2D eigenvalue weighted by atomic mass is 9.23. The molecule has 23 rings (SSSR count). The molecule has 0 unspecified atom stereocenters. The molecule has 10 nitrogen and oxygen atoms in total. The van der Waals surface area contributed by atoms with Crippen LogP contribution in [0.25, 0.3) is 0 Å². The van der Waals surface area contributed by atoms with Crippen LogP contribution in [0.5, 0.6) is 23.0 Å². The summed E-state index contributed by atoms with van der Waals surface area (Å²) in [4.78, 5) is 18.2. The molecule has 8 N–H and O–H groups in total. The number of Topliss-reactive ketones (excluding diaryl/α,β-unsaturated/α-hetero) is 1. The van der Waals surface area contributed by atoms with E-state index in [-0.39, 0.29) is 75.1 Å². The first-order valence-electron chi connectivity index (χ1n) is 37.6. The summed E-state index contributed by atoms with van der Waals surface area (Å²) in [6.45, 7) is -0.399. The first-order valence-corrected chi connectivity index (χ1v) is 37.6. The number of benzene rings is 4. The van der Waals surface area contributed by atoms with Gasteiger partial charge in [0.2, 0.25) is 0 Å². The van der Waals surface area contributed by atoms with Gasteiger partial charge in [0.1, 0.15) is 11.2 Å².